The predicted molar refractivity (Wildman–Crippen MR) is 76.6 cm³/mol. The van der Waals surface area contributed by atoms with Crippen LogP contribution in [0.1, 0.15) is 16.7 Å². The van der Waals surface area contributed by atoms with Crippen molar-refractivity contribution in [3.8, 4) is 0 Å². The second kappa shape index (κ2) is 4.69. The van der Waals surface area contributed by atoms with Crippen molar-refractivity contribution in [2.45, 2.75) is 13.3 Å². The van der Waals surface area contributed by atoms with E-state index in [9.17, 15) is 0 Å². The van der Waals surface area contributed by atoms with Crippen molar-refractivity contribution in [3.05, 3.63) is 77.8 Å². The lowest BCUT2D eigenvalue weighted by atomic mass is 10.0. The van der Waals surface area contributed by atoms with Crippen LogP contribution >= 0.6 is 0 Å². The Balaban J connectivity index is 1.79. The van der Waals surface area contributed by atoms with E-state index >= 15 is 0 Å². The quantitative estimate of drug-likeness (QED) is 0.696. The van der Waals surface area contributed by atoms with Gasteiger partial charge in [0.25, 0.3) is 0 Å². The van der Waals surface area contributed by atoms with E-state index in [1.165, 1.54) is 27.6 Å². The molecule has 2 aromatic carbocycles. The van der Waals surface area contributed by atoms with Gasteiger partial charge in [-0.15, -0.1) is 0 Å². The van der Waals surface area contributed by atoms with Crippen LogP contribution in [0.2, 0.25) is 0 Å². The first-order chi connectivity index (χ1) is 8.83. The average Bonchev–Trinajstić information content (AvgIpc) is 2.82. The first-order valence-corrected chi connectivity index (χ1v) is 6.28. The molecule has 0 atom stereocenters. The molecule has 0 fully saturated rings. The van der Waals surface area contributed by atoms with Gasteiger partial charge in [0.2, 0.25) is 0 Å². The number of aromatic amines is 1. The predicted octanol–water partition coefficient (Wildman–Crippen LogP) is 4.27. The minimum absolute atomic E-state index is 0.974. The Bertz CT molecular complexity index is 647. The molecule has 18 heavy (non-hydrogen) atoms. The van der Waals surface area contributed by atoms with Crippen LogP contribution in [0.5, 0.6) is 0 Å². The van der Waals surface area contributed by atoms with E-state index in [2.05, 4.69) is 73.1 Å². The van der Waals surface area contributed by atoms with E-state index in [4.69, 9.17) is 0 Å². The van der Waals surface area contributed by atoms with Gasteiger partial charge in [0, 0.05) is 17.1 Å². The van der Waals surface area contributed by atoms with Gasteiger partial charge in [-0.1, -0.05) is 48.0 Å². The number of aromatic nitrogens is 1. The number of aryl methyl sites for hydroxylation is 1. The van der Waals surface area contributed by atoms with E-state index in [0.717, 1.165) is 6.42 Å². The number of hydrogen-bond acceptors (Lipinski definition) is 0. The molecule has 1 heterocycles. The maximum Gasteiger partial charge on any atom is 0.0456 e. The molecule has 0 amide bonds. The normalized spacial score (nSPS) is 10.9. The fourth-order valence-corrected chi connectivity index (χ4v) is 2.21. The maximum absolute atomic E-state index is 3.30. The minimum Gasteiger partial charge on any atom is -0.361 e. The van der Waals surface area contributed by atoms with E-state index in [1.807, 2.05) is 0 Å². The summed E-state index contributed by atoms with van der Waals surface area (Å²) in [6.07, 6.45) is 5.34. The van der Waals surface area contributed by atoms with Crippen molar-refractivity contribution < 1.29 is 0 Å². The van der Waals surface area contributed by atoms with Gasteiger partial charge in [-0.25, -0.2) is 0 Å². The summed E-state index contributed by atoms with van der Waals surface area (Å²) in [5, 5.41) is 1.30. The van der Waals surface area contributed by atoms with Crippen LogP contribution in [-0.2, 0) is 6.42 Å². The summed E-state index contributed by atoms with van der Waals surface area (Å²) in [5.41, 5.74) is 5.15. The first kappa shape index (κ1) is 11.1. The molecule has 1 N–H and O–H groups in total. The van der Waals surface area contributed by atoms with Crippen molar-refractivity contribution in [2.24, 2.45) is 0 Å². The standard InChI is InChI=1S/C17H16N/c1-13-6-8-14(9-7-13)10-11-15-12-18-17-5-3-2-4-16(15)17/h2-9,11-12,18H,10H2,1H3. The molecule has 1 aromatic heterocycles. The zero-order chi connectivity index (χ0) is 12.4. The molecule has 0 saturated heterocycles. The van der Waals surface area contributed by atoms with Gasteiger partial charge in [-0.3, -0.25) is 0 Å². The third-order valence-corrected chi connectivity index (χ3v) is 3.30. The van der Waals surface area contributed by atoms with Gasteiger partial charge in [0.15, 0.2) is 0 Å². The minimum atomic E-state index is 0.974. The highest BCUT2D eigenvalue weighted by atomic mass is 14.7. The SMILES string of the molecule is Cc1ccc(C[CH]c2c[nH]c3ccccc23)cc1. The molecule has 1 nitrogen and oxygen atoms in total. The fourth-order valence-electron chi connectivity index (χ4n) is 2.21. The smallest absolute Gasteiger partial charge is 0.0456 e. The molecular formula is C17H16N. The summed E-state index contributed by atoms with van der Waals surface area (Å²) >= 11 is 0. The molecular weight excluding hydrogens is 218 g/mol. The van der Waals surface area contributed by atoms with E-state index in [-0.39, 0.29) is 0 Å². The third kappa shape index (κ3) is 2.17. The first-order valence-electron chi connectivity index (χ1n) is 6.28. The highest BCUT2D eigenvalue weighted by Crippen LogP contribution is 2.20. The Morgan fingerprint density at radius 2 is 1.78 bits per heavy atom. The van der Waals surface area contributed by atoms with Gasteiger partial charge >= 0.3 is 0 Å². The van der Waals surface area contributed by atoms with Crippen LogP contribution in [0.25, 0.3) is 10.9 Å². The average molecular weight is 234 g/mol. The van der Waals surface area contributed by atoms with E-state index in [1.54, 1.807) is 0 Å². The van der Waals surface area contributed by atoms with Crippen LogP contribution in [0, 0.1) is 13.3 Å². The molecule has 0 spiro atoms. The molecule has 89 valence electrons. The Labute approximate surface area is 107 Å². The van der Waals surface area contributed by atoms with Crippen LogP contribution in [0.15, 0.2) is 54.7 Å². The lowest BCUT2D eigenvalue weighted by molar-refractivity contribution is 1.17. The number of para-hydroxylation sites is 1. The zero-order valence-electron chi connectivity index (χ0n) is 10.5. The highest BCUT2D eigenvalue weighted by molar-refractivity contribution is 5.84. The highest BCUT2D eigenvalue weighted by Gasteiger charge is 2.03. The molecule has 0 saturated carbocycles. The summed E-state index contributed by atoms with van der Waals surface area (Å²) in [6, 6.07) is 17.1. The van der Waals surface area contributed by atoms with Gasteiger partial charge in [0.05, 0.1) is 0 Å². The number of hydrogen-bond donors (Lipinski definition) is 1. The maximum atomic E-state index is 3.30. The summed E-state index contributed by atoms with van der Waals surface area (Å²) in [6.45, 7) is 2.12. The van der Waals surface area contributed by atoms with Crippen molar-refractivity contribution >= 4 is 10.9 Å². The molecule has 1 heteroatoms. The Hall–Kier alpha value is -2.02. The molecule has 0 aliphatic rings. The number of rotatable bonds is 3. The monoisotopic (exact) mass is 234 g/mol. The Morgan fingerprint density at radius 3 is 2.61 bits per heavy atom. The lowest BCUT2D eigenvalue weighted by Gasteiger charge is -2.01. The fraction of sp³-hybridized carbons (Fsp3) is 0.118. The number of fused-ring (bicyclic) bond motifs is 1. The second-order valence-corrected chi connectivity index (χ2v) is 4.68. The molecule has 0 bridgehead atoms. The topological polar surface area (TPSA) is 15.8 Å². The van der Waals surface area contributed by atoms with Crippen LogP contribution in [0.3, 0.4) is 0 Å². The molecule has 3 rings (SSSR count). The summed E-state index contributed by atoms with van der Waals surface area (Å²) in [4.78, 5) is 3.30. The van der Waals surface area contributed by atoms with Gasteiger partial charge in [0.1, 0.15) is 0 Å². The summed E-state index contributed by atoms with van der Waals surface area (Å²) in [5.74, 6) is 0. The van der Waals surface area contributed by atoms with Crippen LogP contribution in [0.4, 0.5) is 0 Å². The van der Waals surface area contributed by atoms with Crippen molar-refractivity contribution in [2.75, 3.05) is 0 Å². The van der Waals surface area contributed by atoms with Gasteiger partial charge in [-0.2, -0.15) is 0 Å². The van der Waals surface area contributed by atoms with Crippen molar-refractivity contribution in [3.63, 3.8) is 0 Å². The molecule has 0 unspecified atom stereocenters. The van der Waals surface area contributed by atoms with Crippen LogP contribution < -0.4 is 0 Å². The molecule has 0 aliphatic carbocycles. The second-order valence-electron chi connectivity index (χ2n) is 4.68. The number of H-pyrrole nitrogens is 1. The zero-order valence-corrected chi connectivity index (χ0v) is 10.5. The number of benzene rings is 2. The molecule has 3 aromatic rings. The Kier molecular flexibility index (Phi) is 2.89. The van der Waals surface area contributed by atoms with E-state index in [0.29, 0.717) is 0 Å². The third-order valence-electron chi connectivity index (χ3n) is 3.30. The van der Waals surface area contributed by atoms with Crippen molar-refractivity contribution in [1.29, 1.82) is 0 Å². The Morgan fingerprint density at radius 1 is 1.00 bits per heavy atom. The number of nitrogens with one attached hydrogen (secondary N) is 1. The van der Waals surface area contributed by atoms with Crippen molar-refractivity contribution in [1.82, 2.24) is 4.98 Å². The summed E-state index contributed by atoms with van der Waals surface area (Å²) in [7, 11) is 0. The van der Waals surface area contributed by atoms with E-state index < -0.39 is 0 Å². The van der Waals surface area contributed by atoms with Gasteiger partial charge in [-0.05, 0) is 37.0 Å². The molecule has 0 aliphatic heterocycles. The molecule has 1 radical (unpaired) electrons. The van der Waals surface area contributed by atoms with Gasteiger partial charge < -0.3 is 4.98 Å². The largest absolute Gasteiger partial charge is 0.361 e. The lowest BCUT2D eigenvalue weighted by Crippen LogP contribution is -1.87. The van der Waals surface area contributed by atoms with Crippen LogP contribution in [-0.4, -0.2) is 4.98 Å². The summed E-state index contributed by atoms with van der Waals surface area (Å²) < 4.78 is 0.